The number of piperazine rings is 1. The van der Waals surface area contributed by atoms with Crippen LogP contribution in [-0.4, -0.2) is 73.1 Å². The zero-order valence-electron chi connectivity index (χ0n) is 20.0. The molecule has 4 heterocycles. The van der Waals surface area contributed by atoms with E-state index < -0.39 is 0 Å². The van der Waals surface area contributed by atoms with Crippen LogP contribution in [0.5, 0.6) is 0 Å². The van der Waals surface area contributed by atoms with Crippen LogP contribution < -0.4 is 20.0 Å². The molecule has 0 unspecified atom stereocenters. The van der Waals surface area contributed by atoms with Crippen LogP contribution in [-0.2, 0) is 0 Å². The first-order valence-corrected chi connectivity index (χ1v) is 13.8. The van der Waals surface area contributed by atoms with E-state index in [9.17, 15) is 4.79 Å². The Hall–Kier alpha value is -2.73. The molecule has 1 saturated heterocycles. The van der Waals surface area contributed by atoms with Crippen molar-refractivity contribution in [3.8, 4) is 0 Å². The van der Waals surface area contributed by atoms with Gasteiger partial charge >= 0.3 is 0 Å². The number of guanidine groups is 1. The van der Waals surface area contributed by atoms with E-state index in [4.69, 9.17) is 16.6 Å². The summed E-state index contributed by atoms with van der Waals surface area (Å²) in [5.41, 5.74) is 2.96. The molecule has 0 aliphatic carbocycles. The van der Waals surface area contributed by atoms with Crippen molar-refractivity contribution in [3.63, 3.8) is 0 Å². The molecule has 3 aliphatic rings. The topological polar surface area (TPSA) is 80.2 Å². The minimum Gasteiger partial charge on any atom is -0.368 e. The lowest BCUT2D eigenvalue weighted by Gasteiger charge is -2.35. The van der Waals surface area contributed by atoms with Crippen LogP contribution in [0.1, 0.15) is 10.4 Å². The number of amides is 1. The van der Waals surface area contributed by atoms with Crippen LogP contribution in [0.2, 0.25) is 5.02 Å². The number of carbonyl (C=O) groups is 1. The number of carbonyl (C=O) groups excluding carboxylic acids is 1. The number of benzene rings is 2. The van der Waals surface area contributed by atoms with E-state index >= 15 is 0 Å². The Balaban J connectivity index is 1.29. The average Bonchev–Trinajstić information content (AvgIpc) is 3.36. The summed E-state index contributed by atoms with van der Waals surface area (Å²) in [7, 11) is 2.15. The summed E-state index contributed by atoms with van der Waals surface area (Å²) in [6.45, 7) is 5.22. The highest BCUT2D eigenvalue weighted by atomic mass is 79.9. The van der Waals surface area contributed by atoms with Gasteiger partial charge in [-0.1, -0.05) is 17.7 Å². The van der Waals surface area contributed by atoms with Crippen molar-refractivity contribution in [2.24, 2.45) is 4.99 Å². The van der Waals surface area contributed by atoms with Gasteiger partial charge < -0.3 is 15.1 Å². The fourth-order valence-corrected chi connectivity index (χ4v) is 6.30. The van der Waals surface area contributed by atoms with Crippen molar-refractivity contribution >= 4 is 84.2 Å². The number of likely N-dealkylation sites (N-methyl/N-ethyl adjacent to an activating group) is 1. The van der Waals surface area contributed by atoms with Gasteiger partial charge in [-0.15, -0.1) is 0 Å². The number of aromatic nitrogens is 2. The predicted octanol–water partition coefficient (Wildman–Crippen LogP) is 4.99. The second kappa shape index (κ2) is 9.86. The lowest BCUT2D eigenvalue weighted by molar-refractivity contribution is 0.0999. The molecule has 0 bridgehead atoms. The second-order valence-electron chi connectivity index (χ2n) is 9.06. The third-order valence-electron chi connectivity index (χ3n) is 6.69. The molecule has 3 aromatic rings. The Labute approximate surface area is 236 Å². The van der Waals surface area contributed by atoms with E-state index in [1.165, 1.54) is 10.6 Å². The standard InChI is InChI=1S/C25H23Br2ClN8O/c1-33-9-11-34(12-10-33)20-6-5-15(13-18(20)27)31-24-30-14-16-22(32-24)35-8-7-29-25(35)36(23(16)37)21-17(26)3-2-4-19(21)28/h2-6,13-14H,7-12H2,1H3,(H,30,31,32). The summed E-state index contributed by atoms with van der Waals surface area (Å²) < 4.78 is 1.71. The molecule has 190 valence electrons. The van der Waals surface area contributed by atoms with Gasteiger partial charge in [-0.05, 0) is 69.2 Å². The number of aliphatic imine (C=N–C) groups is 1. The molecule has 0 spiro atoms. The van der Waals surface area contributed by atoms with E-state index in [-0.39, 0.29) is 5.91 Å². The molecular weight excluding hydrogens is 624 g/mol. The number of rotatable bonds is 4. The number of para-hydroxylation sites is 1. The SMILES string of the molecule is CN1CCN(c2ccc(Nc3ncc4c(n3)N3CCN=C3N(c3c(Cl)cccc3Br)C4=O)cc2Br)CC1. The maximum atomic E-state index is 13.6. The molecule has 1 aromatic heterocycles. The molecule has 0 atom stereocenters. The Bertz CT molecular complexity index is 1410. The van der Waals surface area contributed by atoms with Crippen LogP contribution in [0.25, 0.3) is 0 Å². The summed E-state index contributed by atoms with van der Waals surface area (Å²) in [6, 6.07) is 11.6. The normalized spacial score (nSPS) is 17.6. The summed E-state index contributed by atoms with van der Waals surface area (Å²) in [5, 5.41) is 3.74. The van der Waals surface area contributed by atoms with Crippen LogP contribution in [0.15, 0.2) is 56.5 Å². The highest BCUT2D eigenvalue weighted by Crippen LogP contribution is 2.40. The van der Waals surface area contributed by atoms with Crippen molar-refractivity contribution in [1.82, 2.24) is 14.9 Å². The summed E-state index contributed by atoms with van der Waals surface area (Å²) in [6.07, 6.45) is 1.56. The molecule has 6 rings (SSSR count). The first-order valence-electron chi connectivity index (χ1n) is 11.9. The number of nitrogens with one attached hydrogen (secondary N) is 1. The molecule has 1 fully saturated rings. The lowest BCUT2D eigenvalue weighted by Crippen LogP contribution is -2.51. The van der Waals surface area contributed by atoms with E-state index in [2.05, 4.69) is 70.1 Å². The molecule has 9 nitrogen and oxygen atoms in total. The van der Waals surface area contributed by atoms with Crippen molar-refractivity contribution in [2.45, 2.75) is 0 Å². The van der Waals surface area contributed by atoms with E-state index in [0.717, 1.165) is 36.3 Å². The molecule has 0 radical (unpaired) electrons. The first-order chi connectivity index (χ1) is 17.9. The van der Waals surface area contributed by atoms with Crippen LogP contribution in [0.4, 0.5) is 28.8 Å². The van der Waals surface area contributed by atoms with Gasteiger partial charge in [0.05, 0.1) is 22.9 Å². The lowest BCUT2D eigenvalue weighted by atomic mass is 10.1. The van der Waals surface area contributed by atoms with Gasteiger partial charge in [0.1, 0.15) is 5.56 Å². The van der Waals surface area contributed by atoms with Gasteiger partial charge in [0.15, 0.2) is 5.82 Å². The van der Waals surface area contributed by atoms with Crippen LogP contribution in [0, 0.1) is 0 Å². The van der Waals surface area contributed by atoms with Gasteiger partial charge in [0, 0.05) is 53.6 Å². The number of hydrogen-bond donors (Lipinski definition) is 1. The summed E-state index contributed by atoms with van der Waals surface area (Å²) in [5.74, 6) is 1.18. The monoisotopic (exact) mass is 644 g/mol. The Morgan fingerprint density at radius 2 is 1.84 bits per heavy atom. The smallest absolute Gasteiger partial charge is 0.270 e. The molecule has 37 heavy (non-hydrogen) atoms. The third kappa shape index (κ3) is 4.47. The van der Waals surface area contributed by atoms with Crippen molar-refractivity contribution in [2.75, 3.05) is 66.3 Å². The number of halogens is 3. The highest BCUT2D eigenvalue weighted by molar-refractivity contribution is 9.11. The molecule has 0 saturated carbocycles. The van der Waals surface area contributed by atoms with Gasteiger partial charge in [0.2, 0.25) is 11.9 Å². The predicted molar refractivity (Wildman–Crippen MR) is 155 cm³/mol. The molecule has 1 amide bonds. The second-order valence-corrected chi connectivity index (χ2v) is 11.2. The largest absolute Gasteiger partial charge is 0.368 e. The van der Waals surface area contributed by atoms with Gasteiger partial charge in [-0.2, -0.15) is 4.98 Å². The van der Waals surface area contributed by atoms with Crippen LogP contribution >= 0.6 is 43.5 Å². The minimum absolute atomic E-state index is 0.272. The molecule has 1 N–H and O–H groups in total. The molecule has 3 aliphatic heterocycles. The fraction of sp³-hybridized carbons (Fsp3) is 0.280. The Morgan fingerprint density at radius 3 is 2.59 bits per heavy atom. The maximum Gasteiger partial charge on any atom is 0.270 e. The highest BCUT2D eigenvalue weighted by Gasteiger charge is 2.41. The van der Waals surface area contributed by atoms with E-state index in [0.29, 0.717) is 51.6 Å². The number of anilines is 5. The summed E-state index contributed by atoms with van der Waals surface area (Å²) in [4.78, 5) is 35.6. The average molecular weight is 647 g/mol. The summed E-state index contributed by atoms with van der Waals surface area (Å²) >= 11 is 13.8. The Morgan fingerprint density at radius 1 is 1.03 bits per heavy atom. The van der Waals surface area contributed by atoms with Gasteiger partial charge in [0.25, 0.3) is 5.91 Å². The number of hydrogen-bond acceptors (Lipinski definition) is 8. The Kier molecular flexibility index (Phi) is 6.56. The zero-order chi connectivity index (χ0) is 25.7. The van der Waals surface area contributed by atoms with Gasteiger partial charge in [-0.3, -0.25) is 14.7 Å². The molecular formula is C25H23Br2ClN8O. The molecule has 12 heteroatoms. The minimum atomic E-state index is -0.272. The van der Waals surface area contributed by atoms with E-state index in [1.807, 2.05) is 29.2 Å². The van der Waals surface area contributed by atoms with E-state index in [1.54, 1.807) is 12.3 Å². The third-order valence-corrected chi connectivity index (χ3v) is 8.27. The fourth-order valence-electron chi connectivity index (χ4n) is 4.75. The quantitative estimate of drug-likeness (QED) is 0.428. The number of fused-ring (bicyclic) bond motifs is 3. The molecule has 2 aromatic carbocycles. The zero-order valence-corrected chi connectivity index (χ0v) is 23.9. The van der Waals surface area contributed by atoms with Crippen molar-refractivity contribution < 1.29 is 4.79 Å². The number of nitrogens with zero attached hydrogens (tertiary/aromatic N) is 7. The van der Waals surface area contributed by atoms with Crippen molar-refractivity contribution in [1.29, 1.82) is 0 Å². The van der Waals surface area contributed by atoms with Crippen LogP contribution in [0.3, 0.4) is 0 Å². The van der Waals surface area contributed by atoms with Gasteiger partial charge in [-0.25, -0.2) is 9.88 Å². The maximum absolute atomic E-state index is 13.6. The van der Waals surface area contributed by atoms with Crippen molar-refractivity contribution in [3.05, 3.63) is 62.1 Å². The first kappa shape index (κ1) is 24.6.